The zero-order chi connectivity index (χ0) is 17.4. The minimum atomic E-state index is -0.984. The molecule has 2 aromatic rings. The Hall–Kier alpha value is -2.66. The summed E-state index contributed by atoms with van der Waals surface area (Å²) in [4.78, 5) is 23.9. The summed E-state index contributed by atoms with van der Waals surface area (Å²) >= 11 is 0. The SMILES string of the molecule is CC(C(=O)c1ccccc1)C(O)CNC(=O)OCc1ccccc1. The van der Waals surface area contributed by atoms with E-state index in [4.69, 9.17) is 4.74 Å². The Morgan fingerprint density at radius 2 is 1.62 bits per heavy atom. The molecule has 0 radical (unpaired) electrons. The summed E-state index contributed by atoms with van der Waals surface area (Å²) in [5.41, 5.74) is 1.41. The van der Waals surface area contributed by atoms with Crippen LogP contribution in [0.15, 0.2) is 60.7 Å². The van der Waals surface area contributed by atoms with Crippen molar-refractivity contribution in [2.24, 2.45) is 5.92 Å². The molecule has 2 unspecified atom stereocenters. The van der Waals surface area contributed by atoms with E-state index in [1.807, 2.05) is 36.4 Å². The van der Waals surface area contributed by atoms with E-state index in [9.17, 15) is 14.7 Å². The molecule has 0 saturated heterocycles. The number of hydrogen-bond acceptors (Lipinski definition) is 4. The molecule has 5 nitrogen and oxygen atoms in total. The van der Waals surface area contributed by atoms with Crippen molar-refractivity contribution >= 4 is 11.9 Å². The molecular weight excluding hydrogens is 306 g/mol. The molecule has 2 rings (SSSR count). The molecule has 2 N–H and O–H groups in total. The fraction of sp³-hybridized carbons (Fsp3) is 0.263. The Balaban J connectivity index is 1.76. The Morgan fingerprint density at radius 3 is 2.25 bits per heavy atom. The van der Waals surface area contributed by atoms with Gasteiger partial charge in [-0.2, -0.15) is 0 Å². The summed E-state index contributed by atoms with van der Waals surface area (Å²) in [6, 6.07) is 18.1. The fourth-order valence-corrected chi connectivity index (χ4v) is 2.18. The lowest BCUT2D eigenvalue weighted by atomic mass is 9.94. The van der Waals surface area contributed by atoms with Gasteiger partial charge in [-0.3, -0.25) is 4.79 Å². The second-order valence-electron chi connectivity index (χ2n) is 5.53. The van der Waals surface area contributed by atoms with Gasteiger partial charge in [0.15, 0.2) is 5.78 Å². The Kier molecular flexibility index (Phi) is 6.51. The monoisotopic (exact) mass is 327 g/mol. The zero-order valence-corrected chi connectivity index (χ0v) is 13.5. The van der Waals surface area contributed by atoms with Crippen LogP contribution >= 0.6 is 0 Å². The highest BCUT2D eigenvalue weighted by Crippen LogP contribution is 2.12. The first-order valence-corrected chi connectivity index (χ1v) is 7.80. The average Bonchev–Trinajstić information content (AvgIpc) is 2.64. The number of hydrogen-bond donors (Lipinski definition) is 2. The highest BCUT2D eigenvalue weighted by Gasteiger charge is 2.23. The van der Waals surface area contributed by atoms with Crippen molar-refractivity contribution < 1.29 is 19.4 Å². The number of carbonyl (C=O) groups is 2. The van der Waals surface area contributed by atoms with Crippen LogP contribution in [0.3, 0.4) is 0 Å². The summed E-state index contributed by atoms with van der Waals surface area (Å²) in [7, 11) is 0. The normalized spacial score (nSPS) is 12.9. The van der Waals surface area contributed by atoms with Gasteiger partial charge in [-0.25, -0.2) is 4.79 Å². The maximum Gasteiger partial charge on any atom is 0.407 e. The van der Waals surface area contributed by atoms with Crippen molar-refractivity contribution in [1.29, 1.82) is 0 Å². The van der Waals surface area contributed by atoms with Crippen LogP contribution in [-0.4, -0.2) is 29.6 Å². The highest BCUT2D eigenvalue weighted by atomic mass is 16.5. The van der Waals surface area contributed by atoms with E-state index in [0.717, 1.165) is 5.56 Å². The summed E-state index contributed by atoms with van der Waals surface area (Å²) < 4.78 is 5.06. The summed E-state index contributed by atoms with van der Waals surface area (Å²) in [5.74, 6) is -0.788. The number of aliphatic hydroxyl groups excluding tert-OH is 1. The predicted octanol–water partition coefficient (Wildman–Crippen LogP) is 2.79. The molecule has 24 heavy (non-hydrogen) atoms. The van der Waals surface area contributed by atoms with Gasteiger partial charge >= 0.3 is 6.09 Å². The fourth-order valence-electron chi connectivity index (χ4n) is 2.18. The summed E-state index contributed by atoms with van der Waals surface area (Å²) in [6.45, 7) is 1.74. The number of Topliss-reactive ketones (excluding diaryl/α,β-unsaturated/α-hetero) is 1. The third-order valence-electron chi connectivity index (χ3n) is 3.72. The van der Waals surface area contributed by atoms with Gasteiger partial charge < -0.3 is 15.2 Å². The maximum atomic E-state index is 12.2. The highest BCUT2D eigenvalue weighted by molar-refractivity contribution is 5.97. The van der Waals surface area contributed by atoms with Crippen LogP contribution in [0.5, 0.6) is 0 Å². The Morgan fingerprint density at radius 1 is 1.04 bits per heavy atom. The van der Waals surface area contributed by atoms with Gasteiger partial charge in [0.25, 0.3) is 0 Å². The third kappa shape index (κ3) is 5.21. The summed E-state index contributed by atoms with van der Waals surface area (Å²) in [6.07, 6.45) is -1.61. The van der Waals surface area contributed by atoms with Crippen molar-refractivity contribution in [2.45, 2.75) is 19.6 Å². The molecule has 0 saturated carbocycles. The topological polar surface area (TPSA) is 75.6 Å². The molecule has 0 bridgehead atoms. The van der Waals surface area contributed by atoms with E-state index in [-0.39, 0.29) is 18.9 Å². The van der Waals surface area contributed by atoms with Crippen molar-refractivity contribution in [1.82, 2.24) is 5.32 Å². The Bertz CT molecular complexity index is 658. The van der Waals surface area contributed by atoms with Crippen LogP contribution in [-0.2, 0) is 11.3 Å². The number of carbonyl (C=O) groups excluding carboxylic acids is 2. The molecule has 0 aliphatic carbocycles. The number of ketones is 1. The quantitative estimate of drug-likeness (QED) is 0.767. The number of amides is 1. The van der Waals surface area contributed by atoms with Gasteiger partial charge in [0.2, 0.25) is 0 Å². The number of rotatable bonds is 7. The first-order chi connectivity index (χ1) is 11.6. The first kappa shape index (κ1) is 17.7. The van der Waals surface area contributed by atoms with Crippen molar-refractivity contribution in [3.05, 3.63) is 71.8 Å². The molecule has 0 aromatic heterocycles. The standard InChI is InChI=1S/C19H21NO4/c1-14(18(22)16-10-6-3-7-11-16)17(21)12-20-19(23)24-13-15-8-4-2-5-9-15/h2-11,14,17,21H,12-13H2,1H3,(H,20,23). The molecule has 2 atom stereocenters. The number of benzene rings is 2. The molecular formula is C19H21NO4. The van der Waals surface area contributed by atoms with E-state index in [0.29, 0.717) is 5.56 Å². The molecule has 0 fully saturated rings. The number of aliphatic hydroxyl groups is 1. The van der Waals surface area contributed by atoms with Crippen LogP contribution in [0.1, 0.15) is 22.8 Å². The van der Waals surface area contributed by atoms with Crippen molar-refractivity contribution in [3.63, 3.8) is 0 Å². The van der Waals surface area contributed by atoms with E-state index in [1.54, 1.807) is 31.2 Å². The molecule has 1 amide bonds. The first-order valence-electron chi connectivity index (χ1n) is 7.80. The second kappa shape index (κ2) is 8.84. The van der Waals surface area contributed by atoms with E-state index >= 15 is 0 Å². The predicted molar refractivity (Wildman–Crippen MR) is 90.6 cm³/mol. The van der Waals surface area contributed by atoms with Crippen LogP contribution in [0, 0.1) is 5.92 Å². The molecule has 0 aliphatic heterocycles. The van der Waals surface area contributed by atoms with E-state index in [1.165, 1.54) is 0 Å². The van der Waals surface area contributed by atoms with Gasteiger partial charge in [-0.15, -0.1) is 0 Å². The molecule has 0 heterocycles. The lowest BCUT2D eigenvalue weighted by Gasteiger charge is -2.18. The number of nitrogens with one attached hydrogen (secondary N) is 1. The largest absolute Gasteiger partial charge is 0.445 e. The number of ether oxygens (including phenoxy) is 1. The minimum absolute atomic E-state index is 0.0483. The maximum absolute atomic E-state index is 12.2. The molecule has 0 aliphatic rings. The molecule has 0 spiro atoms. The number of alkyl carbamates (subject to hydrolysis) is 1. The molecule has 2 aromatic carbocycles. The van der Waals surface area contributed by atoms with Crippen LogP contribution in [0.25, 0.3) is 0 Å². The lowest BCUT2D eigenvalue weighted by Crippen LogP contribution is -2.38. The average molecular weight is 327 g/mol. The zero-order valence-electron chi connectivity index (χ0n) is 13.5. The molecule has 126 valence electrons. The Labute approximate surface area is 141 Å². The van der Waals surface area contributed by atoms with Crippen LogP contribution in [0.4, 0.5) is 4.79 Å². The third-order valence-corrected chi connectivity index (χ3v) is 3.72. The van der Waals surface area contributed by atoms with Gasteiger partial charge in [0.05, 0.1) is 6.10 Å². The van der Waals surface area contributed by atoms with Crippen LogP contribution in [0.2, 0.25) is 0 Å². The van der Waals surface area contributed by atoms with Crippen LogP contribution < -0.4 is 5.32 Å². The van der Waals surface area contributed by atoms with E-state index in [2.05, 4.69) is 5.32 Å². The van der Waals surface area contributed by atoms with E-state index < -0.39 is 18.1 Å². The van der Waals surface area contributed by atoms with Crippen molar-refractivity contribution in [3.8, 4) is 0 Å². The van der Waals surface area contributed by atoms with Gasteiger partial charge in [0, 0.05) is 18.0 Å². The van der Waals surface area contributed by atoms with Gasteiger partial charge in [0.1, 0.15) is 6.61 Å². The summed E-state index contributed by atoms with van der Waals surface area (Å²) in [5, 5.41) is 12.6. The van der Waals surface area contributed by atoms with Crippen molar-refractivity contribution in [2.75, 3.05) is 6.54 Å². The van der Waals surface area contributed by atoms with Gasteiger partial charge in [-0.05, 0) is 5.56 Å². The smallest absolute Gasteiger partial charge is 0.407 e. The molecule has 5 heteroatoms. The second-order valence-corrected chi connectivity index (χ2v) is 5.53. The minimum Gasteiger partial charge on any atom is -0.445 e. The lowest BCUT2D eigenvalue weighted by molar-refractivity contribution is 0.0696. The van der Waals surface area contributed by atoms with Gasteiger partial charge in [-0.1, -0.05) is 67.6 Å².